The molecule has 1 aromatic rings. The second-order valence-corrected chi connectivity index (χ2v) is 5.17. The SMILES string of the molecule is C=CC1(C)CCC(C(C)=Nc2ccccc2)C1=O. The van der Waals surface area contributed by atoms with E-state index in [1.165, 1.54) is 0 Å². The second kappa shape index (κ2) is 4.89. The zero-order valence-corrected chi connectivity index (χ0v) is 11.0. The van der Waals surface area contributed by atoms with E-state index < -0.39 is 0 Å². The average molecular weight is 241 g/mol. The maximum atomic E-state index is 12.3. The van der Waals surface area contributed by atoms with Crippen molar-refractivity contribution < 1.29 is 4.79 Å². The maximum absolute atomic E-state index is 12.3. The minimum absolute atomic E-state index is 0.0480. The van der Waals surface area contributed by atoms with Crippen LogP contribution in [0.15, 0.2) is 48.0 Å². The lowest BCUT2D eigenvalue weighted by Gasteiger charge is -2.17. The Morgan fingerprint density at radius 3 is 2.67 bits per heavy atom. The summed E-state index contributed by atoms with van der Waals surface area (Å²) >= 11 is 0. The lowest BCUT2D eigenvalue weighted by Crippen LogP contribution is -2.26. The third kappa shape index (κ3) is 2.28. The fourth-order valence-electron chi connectivity index (χ4n) is 2.48. The van der Waals surface area contributed by atoms with Crippen LogP contribution < -0.4 is 0 Å². The van der Waals surface area contributed by atoms with Gasteiger partial charge in [0.15, 0.2) is 5.78 Å². The molecule has 2 nitrogen and oxygen atoms in total. The lowest BCUT2D eigenvalue weighted by atomic mass is 9.86. The Kier molecular flexibility index (Phi) is 3.46. The van der Waals surface area contributed by atoms with Crippen LogP contribution in [0.25, 0.3) is 0 Å². The van der Waals surface area contributed by atoms with E-state index in [-0.39, 0.29) is 17.1 Å². The highest BCUT2D eigenvalue weighted by molar-refractivity contribution is 6.08. The van der Waals surface area contributed by atoms with Crippen LogP contribution in [-0.2, 0) is 4.79 Å². The molecule has 0 aliphatic heterocycles. The van der Waals surface area contributed by atoms with Crippen LogP contribution in [0.3, 0.4) is 0 Å². The Labute approximate surface area is 108 Å². The summed E-state index contributed by atoms with van der Waals surface area (Å²) in [5.74, 6) is 0.211. The first-order valence-corrected chi connectivity index (χ1v) is 6.35. The summed E-state index contributed by atoms with van der Waals surface area (Å²) in [6, 6.07) is 9.78. The van der Waals surface area contributed by atoms with E-state index in [4.69, 9.17) is 0 Å². The van der Waals surface area contributed by atoms with E-state index in [2.05, 4.69) is 11.6 Å². The quantitative estimate of drug-likeness (QED) is 0.582. The molecular weight excluding hydrogens is 222 g/mol. The number of allylic oxidation sites excluding steroid dienone is 1. The van der Waals surface area contributed by atoms with Crippen LogP contribution in [0.4, 0.5) is 5.69 Å². The molecule has 1 aliphatic rings. The van der Waals surface area contributed by atoms with Gasteiger partial charge < -0.3 is 0 Å². The van der Waals surface area contributed by atoms with Gasteiger partial charge in [-0.25, -0.2) is 0 Å². The molecule has 0 saturated heterocycles. The smallest absolute Gasteiger partial charge is 0.151 e. The normalized spacial score (nSPS) is 28.4. The summed E-state index contributed by atoms with van der Waals surface area (Å²) < 4.78 is 0. The Bertz CT molecular complexity index is 489. The molecule has 1 aliphatic carbocycles. The number of ketones is 1. The number of aliphatic imine (C=N–C) groups is 1. The van der Waals surface area contributed by atoms with Crippen LogP contribution in [0, 0.1) is 11.3 Å². The number of benzene rings is 1. The number of carbonyl (C=O) groups excluding carboxylic acids is 1. The molecule has 2 atom stereocenters. The molecule has 2 rings (SSSR count). The van der Waals surface area contributed by atoms with Gasteiger partial charge in [0.05, 0.1) is 11.6 Å². The molecule has 0 aromatic heterocycles. The van der Waals surface area contributed by atoms with E-state index >= 15 is 0 Å². The minimum atomic E-state index is -0.363. The van der Waals surface area contributed by atoms with Crippen molar-refractivity contribution in [3.63, 3.8) is 0 Å². The number of hydrogen-bond acceptors (Lipinski definition) is 2. The predicted octanol–water partition coefficient (Wildman–Crippen LogP) is 3.95. The first kappa shape index (κ1) is 12.7. The highest BCUT2D eigenvalue weighted by Crippen LogP contribution is 2.39. The van der Waals surface area contributed by atoms with Gasteiger partial charge in [0.1, 0.15) is 0 Å². The predicted molar refractivity (Wildman–Crippen MR) is 75.2 cm³/mol. The van der Waals surface area contributed by atoms with Crippen LogP contribution in [0.1, 0.15) is 26.7 Å². The van der Waals surface area contributed by atoms with Crippen molar-refractivity contribution >= 4 is 17.2 Å². The Hall–Kier alpha value is -1.70. The van der Waals surface area contributed by atoms with E-state index in [9.17, 15) is 4.79 Å². The van der Waals surface area contributed by atoms with Gasteiger partial charge >= 0.3 is 0 Å². The molecule has 1 fully saturated rings. The van der Waals surface area contributed by atoms with Gasteiger partial charge in [0, 0.05) is 11.1 Å². The van der Waals surface area contributed by atoms with Crippen LogP contribution >= 0.6 is 0 Å². The molecule has 0 amide bonds. The molecule has 1 aromatic carbocycles. The van der Waals surface area contributed by atoms with Crippen molar-refractivity contribution in [2.24, 2.45) is 16.3 Å². The average Bonchev–Trinajstić information content (AvgIpc) is 2.68. The topological polar surface area (TPSA) is 29.4 Å². The van der Waals surface area contributed by atoms with Gasteiger partial charge in [-0.2, -0.15) is 0 Å². The van der Waals surface area contributed by atoms with Crippen LogP contribution in [0.2, 0.25) is 0 Å². The van der Waals surface area contributed by atoms with Crippen LogP contribution in [0.5, 0.6) is 0 Å². The molecule has 1 saturated carbocycles. The highest BCUT2D eigenvalue weighted by Gasteiger charge is 2.42. The highest BCUT2D eigenvalue weighted by atomic mass is 16.1. The first-order chi connectivity index (χ1) is 8.57. The maximum Gasteiger partial charge on any atom is 0.151 e. The van der Waals surface area contributed by atoms with Crippen molar-refractivity contribution in [1.82, 2.24) is 0 Å². The van der Waals surface area contributed by atoms with Gasteiger partial charge in [0.2, 0.25) is 0 Å². The summed E-state index contributed by atoms with van der Waals surface area (Å²) in [5, 5.41) is 0. The Balaban J connectivity index is 2.21. The molecule has 2 unspecified atom stereocenters. The number of carbonyl (C=O) groups is 1. The molecule has 0 heterocycles. The van der Waals surface area contributed by atoms with E-state index in [0.29, 0.717) is 0 Å². The van der Waals surface area contributed by atoms with Crippen molar-refractivity contribution in [3.8, 4) is 0 Å². The van der Waals surface area contributed by atoms with Gasteiger partial charge in [-0.1, -0.05) is 24.3 Å². The van der Waals surface area contributed by atoms with Crippen molar-refractivity contribution in [1.29, 1.82) is 0 Å². The number of nitrogens with zero attached hydrogens (tertiary/aromatic N) is 1. The van der Waals surface area contributed by atoms with Crippen LogP contribution in [-0.4, -0.2) is 11.5 Å². The minimum Gasteiger partial charge on any atom is -0.298 e. The molecule has 2 heteroatoms. The molecule has 94 valence electrons. The van der Waals surface area contributed by atoms with Gasteiger partial charge in [-0.3, -0.25) is 9.79 Å². The molecule has 18 heavy (non-hydrogen) atoms. The van der Waals surface area contributed by atoms with E-state index in [1.54, 1.807) is 6.08 Å². The zero-order chi connectivity index (χ0) is 13.2. The standard InChI is InChI=1S/C16H19NO/c1-4-16(3)11-10-14(15(16)18)12(2)17-13-8-6-5-7-9-13/h4-9,14H,1,10-11H2,2-3H3. The summed E-state index contributed by atoms with van der Waals surface area (Å²) in [5.41, 5.74) is 1.46. The molecular formula is C16H19NO. The van der Waals surface area contributed by atoms with Gasteiger partial charge in [0.25, 0.3) is 0 Å². The molecule has 0 radical (unpaired) electrons. The fraction of sp³-hybridized carbons (Fsp3) is 0.375. The third-order valence-electron chi connectivity index (χ3n) is 3.85. The third-order valence-corrected chi connectivity index (χ3v) is 3.85. The fourth-order valence-corrected chi connectivity index (χ4v) is 2.48. The lowest BCUT2D eigenvalue weighted by molar-refractivity contribution is -0.124. The molecule has 0 bridgehead atoms. The zero-order valence-electron chi connectivity index (χ0n) is 11.0. The number of hydrogen-bond donors (Lipinski definition) is 0. The monoisotopic (exact) mass is 241 g/mol. The summed E-state index contributed by atoms with van der Waals surface area (Å²) in [6.45, 7) is 7.70. The van der Waals surface area contributed by atoms with Crippen molar-refractivity contribution in [3.05, 3.63) is 43.0 Å². The largest absolute Gasteiger partial charge is 0.298 e. The Morgan fingerprint density at radius 2 is 2.11 bits per heavy atom. The summed E-state index contributed by atoms with van der Waals surface area (Å²) in [7, 11) is 0. The molecule has 0 spiro atoms. The van der Waals surface area contributed by atoms with Gasteiger partial charge in [-0.05, 0) is 38.8 Å². The Morgan fingerprint density at radius 1 is 1.44 bits per heavy atom. The number of Topliss-reactive ketones (excluding diaryl/α,β-unsaturated/α-hetero) is 1. The summed E-state index contributed by atoms with van der Waals surface area (Å²) in [6.07, 6.45) is 3.54. The van der Waals surface area contributed by atoms with Gasteiger partial charge in [-0.15, -0.1) is 6.58 Å². The molecule has 0 N–H and O–H groups in total. The van der Waals surface area contributed by atoms with E-state index in [0.717, 1.165) is 24.2 Å². The van der Waals surface area contributed by atoms with Crippen molar-refractivity contribution in [2.45, 2.75) is 26.7 Å². The number of rotatable bonds is 3. The summed E-state index contributed by atoms with van der Waals surface area (Å²) in [4.78, 5) is 16.9. The van der Waals surface area contributed by atoms with E-state index in [1.807, 2.05) is 44.2 Å². The van der Waals surface area contributed by atoms with Crippen molar-refractivity contribution in [2.75, 3.05) is 0 Å². The number of para-hydroxylation sites is 1. The first-order valence-electron chi connectivity index (χ1n) is 6.35. The second-order valence-electron chi connectivity index (χ2n) is 5.17.